The summed E-state index contributed by atoms with van der Waals surface area (Å²) in [6.45, 7) is 2.93. The van der Waals surface area contributed by atoms with E-state index in [9.17, 15) is 72.5 Å². The number of aliphatic hydroxyl groups is 1. The van der Waals surface area contributed by atoms with E-state index in [4.69, 9.17) is 34.4 Å². The smallest absolute Gasteiger partial charge is 0.305 e. The van der Waals surface area contributed by atoms with Gasteiger partial charge >= 0.3 is 5.97 Å². The Labute approximate surface area is 541 Å². The molecule has 25 N–H and O–H groups in total. The molecule has 35 nitrogen and oxygen atoms in total. The highest BCUT2D eigenvalue weighted by Gasteiger charge is 2.42. The van der Waals surface area contributed by atoms with Crippen LogP contribution in [0.3, 0.4) is 0 Å². The molecule has 37 heteroatoms. The number of hydrogen-bond donors (Lipinski definition) is 19. The molecule has 0 radical (unpaired) electrons. The lowest BCUT2D eigenvalue weighted by atomic mass is 10.1. The highest BCUT2D eigenvalue weighted by Crippen LogP contribution is 2.31. The summed E-state index contributed by atoms with van der Waals surface area (Å²) in [6, 6.07) is -8.82. The van der Waals surface area contributed by atoms with Gasteiger partial charge in [0.15, 0.2) is 11.9 Å². The summed E-state index contributed by atoms with van der Waals surface area (Å²) in [5, 5.41) is 46.4. The van der Waals surface area contributed by atoms with Gasteiger partial charge in [0.2, 0.25) is 70.9 Å². The number of fused-ring (bicyclic) bond motifs is 4. The second kappa shape index (κ2) is 36.5. The summed E-state index contributed by atoms with van der Waals surface area (Å²) in [7, 11) is 0. The number of aliphatic imine (C=N–C) groups is 2. The van der Waals surface area contributed by atoms with E-state index in [0.717, 1.165) is 33.8 Å². The maximum Gasteiger partial charge on any atom is 0.305 e. The van der Waals surface area contributed by atoms with Crippen molar-refractivity contribution in [2.75, 3.05) is 44.3 Å². The standard InChI is InChI=1S/C56H82N20O15S2/c1-3-9-31(67-41(78)23-57)47(84)75-39-26-93-43-16-15-34(69-48(85)33(13-7-18-64-56(61)62)70-53(90)40-14-8-19-76(40)54(91)36(22-42(79)80)72-51(88)37(24-77)73-52(39)89)46(83)65-27(2)45(82)71-35(21-29-20-28-10-4-5-11-30(28)66-29)50(87)68-32(12-6-17-63-55(59)60)49(86)74-38(25-92-43)44(58)81/h3-5,10-11,16,20,27,31-40,66,77H,1,6-9,12-15,17-19,21-26,57H2,2H3,(H2,58,81)(H,65,83)(H,67,78)(H,68,87)(H,69,85)(H,70,90)(H,71,82)(H,72,88)(H,73,89)(H,74,86)(H,75,84)(H,79,80)(H4,59,60,63)(H4,61,62,64)/t27-,31-,32-,33-,34-,35-,36-,37-,38-,39-,40?/m0/s1. The van der Waals surface area contributed by atoms with Gasteiger partial charge in [0.05, 0.1) is 19.6 Å². The summed E-state index contributed by atoms with van der Waals surface area (Å²) in [4.78, 5) is 195. The van der Waals surface area contributed by atoms with Crippen LogP contribution in [-0.4, -0.2) is 220 Å². The van der Waals surface area contributed by atoms with Crippen molar-refractivity contribution in [1.29, 1.82) is 0 Å². The van der Waals surface area contributed by atoms with Crippen molar-refractivity contribution < 1.29 is 72.5 Å². The quantitative estimate of drug-likeness (QED) is 0.0253. The highest BCUT2D eigenvalue weighted by atomic mass is 32.2. The van der Waals surface area contributed by atoms with Crippen molar-refractivity contribution in [3.63, 3.8) is 0 Å². The van der Waals surface area contributed by atoms with Crippen molar-refractivity contribution in [1.82, 2.24) is 63.1 Å². The van der Waals surface area contributed by atoms with Crippen LogP contribution in [0.5, 0.6) is 0 Å². The monoisotopic (exact) mass is 1340 g/mol. The summed E-state index contributed by atoms with van der Waals surface area (Å²) in [6.07, 6.45) is 0.543. The normalized spacial score (nSPS) is 24.7. The van der Waals surface area contributed by atoms with E-state index in [1.807, 2.05) is 6.07 Å². The number of primary amides is 1. The Hall–Kier alpha value is -9.49. The Morgan fingerprint density at radius 3 is 1.95 bits per heavy atom. The molecule has 5 rings (SSSR count). The SMILES string of the molecule is C=CC[C@H](NC(=O)CN)C(=O)N[C@H]1CSC2=CC[C@H](NC(=O)[C@H](CCCN=C(N)N)NC(=O)C3CCCN3C(=O)[C@H](CC(=O)O)NC(=O)[C@H](CO)NC1=O)C(=O)N[C@@H](C)C(=O)N[C@@H](Cc1cc3ccccc3[nH]1)C(=O)N[C@@H](CCCN=C(N)N)C(=O)N[C@H](C(N)=O)CS2. The minimum atomic E-state index is -1.96. The minimum absolute atomic E-state index is 0.0108. The molecule has 508 valence electrons. The summed E-state index contributed by atoms with van der Waals surface area (Å²) >= 11 is 1.54. The fraction of sp³-hybridized carbons (Fsp3) is 0.518. The first-order chi connectivity index (χ1) is 44.2. The summed E-state index contributed by atoms with van der Waals surface area (Å²) in [5.41, 5.74) is 34.9. The Kier molecular flexibility index (Phi) is 29.2. The number of aromatic amines is 1. The van der Waals surface area contributed by atoms with Crippen LogP contribution in [0.1, 0.15) is 70.4 Å². The van der Waals surface area contributed by atoms with Gasteiger partial charge in [0.1, 0.15) is 66.5 Å². The lowest BCUT2D eigenvalue weighted by Crippen LogP contribution is -2.61. The third kappa shape index (κ3) is 23.3. The zero-order valence-corrected chi connectivity index (χ0v) is 52.6. The highest BCUT2D eigenvalue weighted by molar-refractivity contribution is 8.22. The van der Waals surface area contributed by atoms with Gasteiger partial charge in [-0.3, -0.25) is 72.3 Å². The summed E-state index contributed by atoms with van der Waals surface area (Å²) in [5.74, 6) is -15.3. The molecular weight excluding hydrogens is 1260 g/mol. The van der Waals surface area contributed by atoms with Gasteiger partial charge in [-0.05, 0) is 75.8 Å². The molecule has 12 amide bonds. The van der Waals surface area contributed by atoms with Crippen molar-refractivity contribution in [3.8, 4) is 0 Å². The number of H-pyrrole nitrogens is 1. The molecule has 2 aromatic rings. The molecule has 0 saturated carbocycles. The van der Waals surface area contributed by atoms with Gasteiger partial charge in [-0.2, -0.15) is 0 Å². The first kappa shape index (κ1) is 74.2. The molecule has 0 spiro atoms. The maximum atomic E-state index is 14.8. The number of amides is 12. The van der Waals surface area contributed by atoms with E-state index in [-0.39, 0.29) is 87.2 Å². The van der Waals surface area contributed by atoms with E-state index in [0.29, 0.717) is 11.2 Å². The fourth-order valence-electron chi connectivity index (χ4n) is 9.83. The fourth-order valence-corrected chi connectivity index (χ4v) is 12.1. The van der Waals surface area contributed by atoms with Crippen LogP contribution in [0.4, 0.5) is 0 Å². The van der Waals surface area contributed by atoms with Crippen LogP contribution < -0.4 is 87.6 Å². The second-order valence-corrected chi connectivity index (χ2v) is 24.2. The van der Waals surface area contributed by atoms with Gasteiger partial charge in [0.25, 0.3) is 0 Å². The van der Waals surface area contributed by atoms with E-state index in [1.165, 1.54) is 19.1 Å². The maximum absolute atomic E-state index is 14.8. The number of aliphatic hydroxyl groups excluding tert-OH is 1. The Morgan fingerprint density at radius 2 is 1.33 bits per heavy atom. The number of thioether (sulfide) groups is 2. The molecule has 1 unspecified atom stereocenters. The van der Waals surface area contributed by atoms with Gasteiger partial charge in [-0.1, -0.05) is 30.4 Å². The Balaban J connectivity index is 1.70. The van der Waals surface area contributed by atoms with Crippen molar-refractivity contribution in [2.24, 2.45) is 44.4 Å². The molecule has 1 fully saturated rings. The van der Waals surface area contributed by atoms with Gasteiger partial charge in [-0.15, -0.1) is 30.1 Å². The third-order valence-electron chi connectivity index (χ3n) is 14.7. The predicted octanol–water partition coefficient (Wildman–Crippen LogP) is -7.11. The van der Waals surface area contributed by atoms with E-state index in [2.05, 4.69) is 74.7 Å². The van der Waals surface area contributed by atoms with Crippen LogP contribution >= 0.6 is 23.5 Å². The zero-order valence-electron chi connectivity index (χ0n) is 50.9. The number of carbonyl (C=O) groups excluding carboxylic acids is 12. The van der Waals surface area contributed by atoms with E-state index in [1.54, 1.807) is 24.3 Å². The van der Waals surface area contributed by atoms with E-state index < -0.39 is 181 Å². The molecule has 11 atom stereocenters. The third-order valence-corrected chi connectivity index (χ3v) is 17.3. The van der Waals surface area contributed by atoms with Crippen molar-refractivity contribution >= 4 is 123 Å². The number of nitrogens with one attached hydrogen (secondary N) is 11. The number of nitrogens with zero attached hydrogens (tertiary/aromatic N) is 3. The average molecular weight is 1340 g/mol. The molecule has 4 heterocycles. The molecule has 93 heavy (non-hydrogen) atoms. The number of aliphatic carboxylic acids is 1. The van der Waals surface area contributed by atoms with Gasteiger partial charge in [-0.25, -0.2) is 0 Å². The number of para-hydroxylation sites is 1. The number of carbonyl (C=O) groups is 13. The number of hydrogen-bond acceptors (Lipinski definition) is 19. The molecule has 1 saturated heterocycles. The van der Waals surface area contributed by atoms with Crippen LogP contribution in [0, 0.1) is 0 Å². The first-order valence-electron chi connectivity index (χ1n) is 29.6. The first-order valence-corrected chi connectivity index (χ1v) is 31.6. The minimum Gasteiger partial charge on any atom is -0.481 e. The number of aromatic nitrogens is 1. The number of benzene rings is 1. The predicted molar refractivity (Wildman–Crippen MR) is 342 cm³/mol. The summed E-state index contributed by atoms with van der Waals surface area (Å²) < 4.78 is 0.0725. The zero-order chi connectivity index (χ0) is 68.5. The topological polar surface area (TPSA) is 583 Å². The number of carboxylic acid groups (broad SMARTS) is 1. The molecule has 3 aliphatic heterocycles. The van der Waals surface area contributed by atoms with Crippen molar-refractivity contribution in [3.05, 3.63) is 59.0 Å². The molecule has 0 aliphatic carbocycles. The van der Waals surface area contributed by atoms with Crippen molar-refractivity contribution in [2.45, 2.75) is 138 Å². The van der Waals surface area contributed by atoms with Crippen LogP contribution in [0.15, 0.2) is 63.3 Å². The molecule has 3 aliphatic rings. The molecular formula is C56H82N20O15S2. The lowest BCUT2D eigenvalue weighted by molar-refractivity contribution is -0.146. The van der Waals surface area contributed by atoms with Crippen LogP contribution in [-0.2, 0) is 68.7 Å². The van der Waals surface area contributed by atoms with Gasteiger partial charge < -0.3 is 108 Å². The number of guanidine groups is 2. The Bertz CT molecular complexity index is 3160. The largest absolute Gasteiger partial charge is 0.481 e. The molecule has 2 bridgehead atoms. The Morgan fingerprint density at radius 1 is 0.742 bits per heavy atom. The lowest BCUT2D eigenvalue weighted by Gasteiger charge is -2.30. The molecule has 1 aromatic carbocycles. The number of rotatable bonds is 20. The molecule has 1 aromatic heterocycles. The van der Waals surface area contributed by atoms with Gasteiger partial charge in [0, 0.05) is 53.0 Å². The van der Waals surface area contributed by atoms with Crippen LogP contribution in [0.2, 0.25) is 0 Å². The second-order valence-electron chi connectivity index (χ2n) is 21.8. The number of nitrogens with two attached hydrogens (primary N) is 6. The van der Waals surface area contributed by atoms with Crippen LogP contribution in [0.25, 0.3) is 10.9 Å². The average Bonchev–Trinajstić information content (AvgIpc) is 1.78. The van der Waals surface area contributed by atoms with E-state index >= 15 is 0 Å². The number of carboxylic acids is 1.